The van der Waals surface area contributed by atoms with Gasteiger partial charge in [-0.3, -0.25) is 4.90 Å². The van der Waals surface area contributed by atoms with E-state index in [0.29, 0.717) is 29.5 Å². The fourth-order valence-corrected chi connectivity index (χ4v) is 4.50. The molecule has 14 heteroatoms. The third-order valence-electron chi connectivity index (χ3n) is 6.41. The zero-order chi connectivity index (χ0) is 28.3. The number of fused-ring (bicyclic) bond motifs is 1. The molecule has 2 aromatic carbocycles. The molecule has 40 heavy (non-hydrogen) atoms. The van der Waals surface area contributed by atoms with Crippen LogP contribution in [-0.4, -0.2) is 70.1 Å². The van der Waals surface area contributed by atoms with Crippen LogP contribution in [0.5, 0.6) is 0 Å². The zero-order valence-electron chi connectivity index (χ0n) is 21.5. The number of nitrogens with zero attached hydrogens (tertiary/aromatic N) is 6. The van der Waals surface area contributed by atoms with Gasteiger partial charge in [-0.2, -0.15) is 23.3 Å². The maximum absolute atomic E-state index is 13.0. The lowest BCUT2D eigenvalue weighted by molar-refractivity contribution is -0.137. The van der Waals surface area contributed by atoms with Gasteiger partial charge in [0.15, 0.2) is 5.65 Å². The van der Waals surface area contributed by atoms with Crippen molar-refractivity contribution in [1.82, 2.24) is 24.6 Å². The molecule has 5 rings (SSSR count). The van der Waals surface area contributed by atoms with Crippen LogP contribution in [0.3, 0.4) is 0 Å². The number of carbonyl (C=O) groups excluding carboxylic acids is 1. The summed E-state index contributed by atoms with van der Waals surface area (Å²) in [6.45, 7) is 4.90. The Bertz CT molecular complexity index is 1490. The first-order chi connectivity index (χ1) is 19.2. The highest BCUT2D eigenvalue weighted by atomic mass is 32.1. The summed E-state index contributed by atoms with van der Waals surface area (Å²) in [5.41, 5.74) is 1.67. The van der Waals surface area contributed by atoms with E-state index in [4.69, 9.17) is 4.74 Å². The summed E-state index contributed by atoms with van der Waals surface area (Å²) >= 11 is 4.23. The standard InChI is InChI=1S/C26H27F3N8O2S/c1-35-23-21(16-31-24(33-23)30-9-10-36-11-13-39-14-12-36)22(34-35)17-5-7-20(8-6-17)37(40)25(38)32-19-4-2-3-18(15-19)26(27,28)29/h2-8,15-16,40H,9-14H2,1H3,(H,32,38)(H,30,31,33). The van der Waals surface area contributed by atoms with Gasteiger partial charge in [0.25, 0.3) is 0 Å². The second-order valence-corrected chi connectivity index (χ2v) is 9.55. The first-order valence-corrected chi connectivity index (χ1v) is 12.9. The molecule has 0 aliphatic carbocycles. The number of anilines is 3. The highest BCUT2D eigenvalue weighted by Crippen LogP contribution is 2.32. The minimum Gasteiger partial charge on any atom is -0.379 e. The Morgan fingerprint density at radius 2 is 1.90 bits per heavy atom. The van der Waals surface area contributed by atoms with E-state index in [1.54, 1.807) is 42.2 Å². The molecule has 0 saturated carbocycles. The van der Waals surface area contributed by atoms with Gasteiger partial charge in [-0.25, -0.2) is 18.8 Å². The van der Waals surface area contributed by atoms with Crippen LogP contribution in [0, 0.1) is 0 Å². The van der Waals surface area contributed by atoms with E-state index in [-0.39, 0.29) is 5.69 Å². The maximum atomic E-state index is 13.0. The molecule has 1 fully saturated rings. The van der Waals surface area contributed by atoms with E-state index in [9.17, 15) is 18.0 Å². The first kappa shape index (κ1) is 27.7. The number of morpholine rings is 1. The lowest BCUT2D eigenvalue weighted by atomic mass is 10.1. The number of nitrogens with one attached hydrogen (secondary N) is 2. The summed E-state index contributed by atoms with van der Waals surface area (Å²) in [5, 5.41) is 11.1. The average Bonchev–Trinajstić information content (AvgIpc) is 3.28. The third-order valence-corrected chi connectivity index (χ3v) is 6.83. The molecule has 210 valence electrons. The fourth-order valence-electron chi connectivity index (χ4n) is 4.31. The summed E-state index contributed by atoms with van der Waals surface area (Å²) in [5.74, 6) is 0.517. The average molecular weight is 573 g/mol. The molecular formula is C26H27F3N8O2S. The SMILES string of the molecule is Cn1nc(-c2ccc(N(S)C(=O)Nc3cccc(C(F)(F)F)c3)cc2)c2cnc(NCCN3CCOCC3)nc21. The topological polar surface area (TPSA) is 100 Å². The van der Waals surface area contributed by atoms with Gasteiger partial charge < -0.3 is 15.4 Å². The summed E-state index contributed by atoms with van der Waals surface area (Å²) in [6.07, 6.45) is -2.79. The molecule has 0 atom stereocenters. The number of hydrogen-bond acceptors (Lipinski definition) is 8. The number of ether oxygens (including phenoxy) is 1. The summed E-state index contributed by atoms with van der Waals surface area (Å²) in [7, 11) is 1.80. The Labute approximate surface area is 233 Å². The molecular weight excluding hydrogens is 545 g/mol. The number of aryl methyl sites for hydroxylation is 1. The van der Waals surface area contributed by atoms with Gasteiger partial charge in [-0.15, -0.1) is 0 Å². The van der Waals surface area contributed by atoms with Crippen molar-refractivity contribution in [1.29, 1.82) is 0 Å². The molecule has 3 heterocycles. The van der Waals surface area contributed by atoms with E-state index in [2.05, 4.69) is 43.4 Å². The largest absolute Gasteiger partial charge is 0.416 e. The van der Waals surface area contributed by atoms with Gasteiger partial charge in [0.05, 0.1) is 29.9 Å². The monoisotopic (exact) mass is 572 g/mol. The molecule has 0 radical (unpaired) electrons. The van der Waals surface area contributed by atoms with Crippen molar-refractivity contribution in [3.05, 3.63) is 60.3 Å². The molecule has 4 aromatic rings. The number of rotatable bonds is 7. The van der Waals surface area contributed by atoms with Crippen LogP contribution in [-0.2, 0) is 18.0 Å². The van der Waals surface area contributed by atoms with Gasteiger partial charge >= 0.3 is 12.2 Å². The van der Waals surface area contributed by atoms with Crippen molar-refractivity contribution in [3.8, 4) is 11.3 Å². The summed E-state index contributed by atoms with van der Waals surface area (Å²) in [4.78, 5) is 24.0. The van der Waals surface area contributed by atoms with Crippen LogP contribution in [0.4, 0.5) is 35.3 Å². The Kier molecular flexibility index (Phi) is 8.09. The Hall–Kier alpha value is -3.88. The van der Waals surface area contributed by atoms with Gasteiger partial charge in [-0.1, -0.05) is 31.0 Å². The molecule has 1 aliphatic heterocycles. The number of thiol groups is 1. The van der Waals surface area contributed by atoms with Crippen LogP contribution in [0.25, 0.3) is 22.3 Å². The quantitative estimate of drug-likeness (QED) is 0.277. The molecule has 1 aliphatic rings. The van der Waals surface area contributed by atoms with E-state index in [1.807, 2.05) is 0 Å². The predicted molar refractivity (Wildman–Crippen MR) is 149 cm³/mol. The van der Waals surface area contributed by atoms with Crippen molar-refractivity contribution in [2.75, 3.05) is 54.3 Å². The Balaban J connectivity index is 1.25. The van der Waals surface area contributed by atoms with Crippen LogP contribution >= 0.6 is 12.8 Å². The van der Waals surface area contributed by atoms with Crippen molar-refractivity contribution in [3.63, 3.8) is 0 Å². The molecule has 2 N–H and O–H groups in total. The minimum atomic E-state index is -4.51. The first-order valence-electron chi connectivity index (χ1n) is 12.5. The number of urea groups is 1. The zero-order valence-corrected chi connectivity index (χ0v) is 22.4. The summed E-state index contributed by atoms with van der Waals surface area (Å²) in [6, 6.07) is 10.6. The van der Waals surface area contributed by atoms with E-state index in [1.165, 1.54) is 12.1 Å². The van der Waals surface area contributed by atoms with Gasteiger partial charge in [0, 0.05) is 50.7 Å². The molecule has 10 nitrogen and oxygen atoms in total. The maximum Gasteiger partial charge on any atom is 0.416 e. The van der Waals surface area contributed by atoms with Crippen molar-refractivity contribution >= 4 is 47.2 Å². The second kappa shape index (κ2) is 11.7. The Morgan fingerprint density at radius 3 is 2.62 bits per heavy atom. The molecule has 0 bridgehead atoms. The van der Waals surface area contributed by atoms with Crippen LogP contribution in [0.1, 0.15) is 5.56 Å². The van der Waals surface area contributed by atoms with Crippen LogP contribution in [0.2, 0.25) is 0 Å². The highest BCUT2D eigenvalue weighted by molar-refractivity contribution is 7.82. The summed E-state index contributed by atoms with van der Waals surface area (Å²) < 4.78 is 47.0. The van der Waals surface area contributed by atoms with Crippen molar-refractivity contribution < 1.29 is 22.7 Å². The fraction of sp³-hybridized carbons (Fsp3) is 0.308. The lowest BCUT2D eigenvalue weighted by Crippen LogP contribution is -2.39. The molecule has 2 amide bonds. The number of aromatic nitrogens is 4. The van der Waals surface area contributed by atoms with E-state index < -0.39 is 17.8 Å². The number of amides is 2. The molecule has 0 unspecified atom stereocenters. The van der Waals surface area contributed by atoms with Crippen LogP contribution in [0.15, 0.2) is 54.7 Å². The third kappa shape index (κ3) is 6.29. The minimum absolute atomic E-state index is 0.00500. The Morgan fingerprint density at radius 1 is 1.15 bits per heavy atom. The lowest BCUT2D eigenvalue weighted by Gasteiger charge is -2.26. The molecule has 0 spiro atoms. The second-order valence-electron chi connectivity index (χ2n) is 9.15. The number of benzene rings is 2. The highest BCUT2D eigenvalue weighted by Gasteiger charge is 2.30. The van der Waals surface area contributed by atoms with Crippen LogP contribution < -0.4 is 14.9 Å². The van der Waals surface area contributed by atoms with Crippen molar-refractivity contribution in [2.24, 2.45) is 7.05 Å². The number of halogens is 3. The number of alkyl halides is 3. The van der Waals surface area contributed by atoms with E-state index in [0.717, 1.165) is 60.2 Å². The van der Waals surface area contributed by atoms with Gasteiger partial charge in [0.1, 0.15) is 5.69 Å². The van der Waals surface area contributed by atoms with Gasteiger partial charge in [0.2, 0.25) is 5.95 Å². The predicted octanol–water partition coefficient (Wildman–Crippen LogP) is 4.68. The molecule has 1 saturated heterocycles. The normalized spacial score (nSPS) is 14.3. The number of carbonyl (C=O) groups is 1. The van der Waals surface area contributed by atoms with Gasteiger partial charge in [-0.05, 0) is 30.3 Å². The smallest absolute Gasteiger partial charge is 0.379 e. The number of hydrogen-bond donors (Lipinski definition) is 3. The molecule has 2 aromatic heterocycles. The van der Waals surface area contributed by atoms with Crippen molar-refractivity contribution in [2.45, 2.75) is 6.18 Å². The van der Waals surface area contributed by atoms with E-state index >= 15 is 0 Å².